The number of H-pyrrole nitrogens is 1. The molecule has 2 aromatic rings. The predicted octanol–water partition coefficient (Wildman–Crippen LogP) is 1.68. The molecular formula is C12H14FN3O2S. The van der Waals surface area contributed by atoms with Gasteiger partial charge < -0.3 is 0 Å². The van der Waals surface area contributed by atoms with Gasteiger partial charge in [-0.15, -0.1) is 0 Å². The number of benzene rings is 1. The number of sulfonamides is 1. The normalized spacial score (nSPS) is 12.0. The first kappa shape index (κ1) is 13.7. The summed E-state index contributed by atoms with van der Waals surface area (Å²) in [7, 11) is -2.26. The highest BCUT2D eigenvalue weighted by atomic mass is 32.2. The molecule has 1 aromatic carbocycles. The Morgan fingerprint density at radius 3 is 2.74 bits per heavy atom. The van der Waals surface area contributed by atoms with Crippen LogP contribution in [0.1, 0.15) is 11.1 Å². The Hall–Kier alpha value is -1.73. The van der Waals surface area contributed by atoms with E-state index in [4.69, 9.17) is 0 Å². The summed E-state index contributed by atoms with van der Waals surface area (Å²) in [6.45, 7) is 1.76. The Kier molecular flexibility index (Phi) is 3.68. The number of rotatable bonds is 4. The largest absolute Gasteiger partial charge is 0.285 e. The number of hydrogen-bond acceptors (Lipinski definition) is 3. The van der Waals surface area contributed by atoms with Gasteiger partial charge in [0.2, 0.25) is 10.0 Å². The van der Waals surface area contributed by atoms with Crippen LogP contribution in [0, 0.1) is 12.7 Å². The second-order valence-electron chi connectivity index (χ2n) is 4.28. The van der Waals surface area contributed by atoms with Crippen LogP contribution in [0.2, 0.25) is 0 Å². The molecule has 0 spiro atoms. The standard InChI is InChI=1S/C12H14FN3O2S/c1-9-3-4-11(5-12(9)13)19(17,18)16(2)8-10-6-14-15-7-10/h3-7H,8H2,1-2H3,(H,14,15). The van der Waals surface area contributed by atoms with Crippen LogP contribution >= 0.6 is 0 Å². The Labute approximate surface area is 111 Å². The maximum Gasteiger partial charge on any atom is 0.243 e. The molecule has 0 fully saturated rings. The fourth-order valence-corrected chi connectivity index (χ4v) is 2.79. The summed E-state index contributed by atoms with van der Waals surface area (Å²) in [5.74, 6) is -0.530. The van der Waals surface area contributed by atoms with Gasteiger partial charge in [-0.25, -0.2) is 12.8 Å². The van der Waals surface area contributed by atoms with Crippen molar-refractivity contribution in [1.29, 1.82) is 0 Å². The van der Waals surface area contributed by atoms with Crippen molar-refractivity contribution in [2.45, 2.75) is 18.4 Å². The number of aromatic nitrogens is 2. The summed E-state index contributed by atoms with van der Waals surface area (Å²) in [4.78, 5) is -0.0541. The second-order valence-corrected chi connectivity index (χ2v) is 6.32. The SMILES string of the molecule is Cc1ccc(S(=O)(=O)N(C)Cc2cn[nH]c2)cc1F. The molecular weight excluding hydrogens is 269 g/mol. The molecule has 0 saturated heterocycles. The Balaban J connectivity index is 2.28. The number of aromatic amines is 1. The molecule has 0 atom stereocenters. The van der Waals surface area contributed by atoms with E-state index in [1.54, 1.807) is 19.3 Å². The molecule has 2 rings (SSSR count). The maximum absolute atomic E-state index is 13.5. The molecule has 5 nitrogen and oxygen atoms in total. The lowest BCUT2D eigenvalue weighted by Gasteiger charge is -2.16. The van der Waals surface area contributed by atoms with Crippen molar-refractivity contribution < 1.29 is 12.8 Å². The molecule has 1 N–H and O–H groups in total. The highest BCUT2D eigenvalue weighted by Gasteiger charge is 2.22. The molecule has 102 valence electrons. The van der Waals surface area contributed by atoms with Crippen LogP contribution in [0.3, 0.4) is 0 Å². The van der Waals surface area contributed by atoms with Gasteiger partial charge >= 0.3 is 0 Å². The minimum absolute atomic E-state index is 0.0541. The lowest BCUT2D eigenvalue weighted by atomic mass is 10.2. The third kappa shape index (κ3) is 2.82. The zero-order valence-corrected chi connectivity index (χ0v) is 11.4. The molecule has 0 aliphatic heterocycles. The Morgan fingerprint density at radius 1 is 1.42 bits per heavy atom. The predicted molar refractivity (Wildman–Crippen MR) is 68.4 cm³/mol. The van der Waals surface area contributed by atoms with E-state index < -0.39 is 15.8 Å². The van der Waals surface area contributed by atoms with E-state index in [-0.39, 0.29) is 11.4 Å². The van der Waals surface area contributed by atoms with E-state index >= 15 is 0 Å². The third-order valence-corrected chi connectivity index (χ3v) is 4.61. The minimum atomic E-state index is -3.70. The summed E-state index contributed by atoms with van der Waals surface area (Å²) in [6.07, 6.45) is 3.16. The average Bonchev–Trinajstić information content (AvgIpc) is 2.85. The zero-order valence-electron chi connectivity index (χ0n) is 10.6. The van der Waals surface area contributed by atoms with Crippen LogP contribution in [0.15, 0.2) is 35.5 Å². The summed E-state index contributed by atoms with van der Waals surface area (Å²) < 4.78 is 39.1. The molecule has 0 amide bonds. The lowest BCUT2D eigenvalue weighted by molar-refractivity contribution is 0.466. The van der Waals surface area contributed by atoms with Crippen LogP contribution in [-0.2, 0) is 16.6 Å². The molecule has 0 bridgehead atoms. The first-order valence-electron chi connectivity index (χ1n) is 5.61. The number of aryl methyl sites for hydroxylation is 1. The molecule has 19 heavy (non-hydrogen) atoms. The van der Waals surface area contributed by atoms with Crippen molar-refractivity contribution in [3.63, 3.8) is 0 Å². The van der Waals surface area contributed by atoms with E-state index in [2.05, 4.69) is 10.2 Å². The van der Waals surface area contributed by atoms with Gasteiger partial charge in [0.1, 0.15) is 5.82 Å². The molecule has 0 aliphatic carbocycles. The molecule has 0 saturated carbocycles. The van der Waals surface area contributed by atoms with Gasteiger partial charge in [-0.2, -0.15) is 9.40 Å². The van der Waals surface area contributed by atoms with E-state index in [1.165, 1.54) is 19.2 Å². The lowest BCUT2D eigenvalue weighted by Crippen LogP contribution is -2.26. The summed E-state index contributed by atoms with van der Waals surface area (Å²) in [5, 5.41) is 6.36. The van der Waals surface area contributed by atoms with Gasteiger partial charge in [0.15, 0.2) is 0 Å². The van der Waals surface area contributed by atoms with E-state index in [1.807, 2.05) is 0 Å². The van der Waals surface area contributed by atoms with Gasteiger partial charge in [0, 0.05) is 25.4 Å². The monoisotopic (exact) mass is 283 g/mol. The van der Waals surface area contributed by atoms with Crippen LogP contribution in [0.25, 0.3) is 0 Å². The first-order chi connectivity index (χ1) is 8.91. The zero-order chi connectivity index (χ0) is 14.0. The van der Waals surface area contributed by atoms with E-state index in [0.29, 0.717) is 5.56 Å². The summed E-state index contributed by atoms with van der Waals surface area (Å²) >= 11 is 0. The second kappa shape index (κ2) is 5.10. The van der Waals surface area contributed by atoms with Crippen molar-refractivity contribution in [1.82, 2.24) is 14.5 Å². The number of nitrogens with zero attached hydrogens (tertiary/aromatic N) is 2. The molecule has 0 radical (unpaired) electrons. The van der Waals surface area contributed by atoms with Gasteiger partial charge in [-0.3, -0.25) is 5.10 Å². The fraction of sp³-hybridized carbons (Fsp3) is 0.250. The van der Waals surface area contributed by atoms with Gasteiger partial charge in [-0.1, -0.05) is 6.07 Å². The van der Waals surface area contributed by atoms with Crippen LogP contribution in [0.4, 0.5) is 4.39 Å². The van der Waals surface area contributed by atoms with Crippen molar-refractivity contribution in [3.05, 3.63) is 47.5 Å². The van der Waals surface area contributed by atoms with Crippen molar-refractivity contribution in [2.24, 2.45) is 0 Å². The highest BCUT2D eigenvalue weighted by molar-refractivity contribution is 7.89. The molecule has 0 unspecified atom stereocenters. The Bertz CT molecular complexity index is 668. The van der Waals surface area contributed by atoms with Crippen LogP contribution in [0.5, 0.6) is 0 Å². The average molecular weight is 283 g/mol. The summed E-state index contributed by atoms with van der Waals surface area (Å²) in [5.41, 5.74) is 1.15. The van der Waals surface area contributed by atoms with Crippen LogP contribution < -0.4 is 0 Å². The molecule has 1 aromatic heterocycles. The number of hydrogen-bond donors (Lipinski definition) is 1. The topological polar surface area (TPSA) is 66.1 Å². The van der Waals surface area contributed by atoms with Crippen LogP contribution in [-0.4, -0.2) is 30.0 Å². The van der Waals surface area contributed by atoms with Crippen molar-refractivity contribution in [2.75, 3.05) is 7.05 Å². The number of nitrogens with one attached hydrogen (secondary N) is 1. The Morgan fingerprint density at radius 2 is 2.16 bits per heavy atom. The van der Waals surface area contributed by atoms with E-state index in [0.717, 1.165) is 15.9 Å². The molecule has 0 aliphatic rings. The smallest absolute Gasteiger partial charge is 0.243 e. The fourth-order valence-electron chi connectivity index (χ4n) is 1.62. The van der Waals surface area contributed by atoms with Gasteiger partial charge in [-0.05, 0) is 24.6 Å². The maximum atomic E-state index is 13.5. The van der Waals surface area contributed by atoms with E-state index in [9.17, 15) is 12.8 Å². The first-order valence-corrected chi connectivity index (χ1v) is 7.05. The van der Waals surface area contributed by atoms with Gasteiger partial charge in [0.25, 0.3) is 0 Å². The quantitative estimate of drug-likeness (QED) is 0.928. The van der Waals surface area contributed by atoms with Gasteiger partial charge in [0.05, 0.1) is 11.1 Å². The number of halogens is 1. The molecule has 1 heterocycles. The van der Waals surface area contributed by atoms with Crippen molar-refractivity contribution >= 4 is 10.0 Å². The summed E-state index contributed by atoms with van der Waals surface area (Å²) in [6, 6.07) is 3.89. The highest BCUT2D eigenvalue weighted by Crippen LogP contribution is 2.19. The third-order valence-electron chi connectivity index (χ3n) is 2.81. The van der Waals surface area contributed by atoms with Crippen molar-refractivity contribution in [3.8, 4) is 0 Å². The molecule has 7 heteroatoms. The minimum Gasteiger partial charge on any atom is -0.285 e.